The van der Waals surface area contributed by atoms with Crippen molar-refractivity contribution in [1.29, 1.82) is 0 Å². The number of carbonyl (C=O) groups excluding carboxylic acids is 1. The molecule has 2 heterocycles. The lowest BCUT2D eigenvalue weighted by Gasteiger charge is -2.21. The maximum absolute atomic E-state index is 12.8. The van der Waals surface area contributed by atoms with Crippen LogP contribution in [0.3, 0.4) is 0 Å². The third kappa shape index (κ3) is 2.25. The van der Waals surface area contributed by atoms with E-state index < -0.39 is 0 Å². The third-order valence-corrected chi connectivity index (χ3v) is 4.46. The minimum atomic E-state index is 0.0560. The molecule has 2 amide bonds. The van der Waals surface area contributed by atoms with Crippen molar-refractivity contribution < 1.29 is 4.79 Å². The van der Waals surface area contributed by atoms with Gasteiger partial charge in [-0.2, -0.15) is 0 Å². The molecule has 0 radical (unpaired) electrons. The van der Waals surface area contributed by atoms with Crippen LogP contribution < -0.4 is 9.80 Å². The van der Waals surface area contributed by atoms with Crippen LogP contribution in [0.15, 0.2) is 42.7 Å². The van der Waals surface area contributed by atoms with E-state index in [-0.39, 0.29) is 6.03 Å². The largest absolute Gasteiger partial charge is 0.329 e. The smallest absolute Gasteiger partial charge is 0.292 e. The molecule has 1 aromatic carbocycles. The molecule has 112 valence electrons. The standard InChI is InChI=1S/C18H19N3O/c1-13-3-2-4-15(11-13)20-9-10-21(18(20)22)17-12-19-8-7-16(17)14-5-6-14/h2-4,7-8,11-12,14H,5-6,9-10H2,1H3. The Morgan fingerprint density at radius 1 is 1.14 bits per heavy atom. The quantitative estimate of drug-likeness (QED) is 0.865. The van der Waals surface area contributed by atoms with E-state index in [2.05, 4.69) is 17.1 Å². The van der Waals surface area contributed by atoms with Crippen molar-refractivity contribution in [2.24, 2.45) is 0 Å². The summed E-state index contributed by atoms with van der Waals surface area (Å²) in [6.07, 6.45) is 6.11. The van der Waals surface area contributed by atoms with Crippen LogP contribution >= 0.6 is 0 Å². The summed E-state index contributed by atoms with van der Waals surface area (Å²) in [5.74, 6) is 0.610. The van der Waals surface area contributed by atoms with E-state index >= 15 is 0 Å². The first-order chi connectivity index (χ1) is 10.7. The van der Waals surface area contributed by atoms with Crippen LogP contribution in [0.25, 0.3) is 0 Å². The second kappa shape index (κ2) is 5.13. The summed E-state index contributed by atoms with van der Waals surface area (Å²) < 4.78 is 0. The highest BCUT2D eigenvalue weighted by atomic mass is 16.2. The average molecular weight is 293 g/mol. The van der Waals surface area contributed by atoms with Gasteiger partial charge in [-0.1, -0.05) is 12.1 Å². The molecule has 0 N–H and O–H groups in total. The molecule has 4 nitrogen and oxygen atoms in total. The number of pyridine rings is 1. The van der Waals surface area contributed by atoms with Crippen LogP contribution in [0.4, 0.5) is 16.2 Å². The zero-order valence-corrected chi connectivity index (χ0v) is 12.7. The molecule has 4 heteroatoms. The molecule has 0 unspecified atom stereocenters. The van der Waals surface area contributed by atoms with Gasteiger partial charge in [0.05, 0.1) is 11.9 Å². The first-order valence-electron chi connectivity index (χ1n) is 7.83. The van der Waals surface area contributed by atoms with Gasteiger partial charge in [-0.3, -0.25) is 14.8 Å². The molecule has 4 rings (SSSR count). The summed E-state index contributed by atoms with van der Waals surface area (Å²) in [5.41, 5.74) is 4.41. The van der Waals surface area contributed by atoms with E-state index in [1.54, 1.807) is 0 Å². The van der Waals surface area contributed by atoms with Crippen LogP contribution in [0.2, 0.25) is 0 Å². The molecule has 0 spiro atoms. The van der Waals surface area contributed by atoms with Crippen molar-refractivity contribution in [3.05, 3.63) is 53.9 Å². The second-order valence-electron chi connectivity index (χ2n) is 6.13. The van der Waals surface area contributed by atoms with Gasteiger partial charge in [0.15, 0.2) is 0 Å². The number of rotatable bonds is 3. The zero-order valence-electron chi connectivity index (χ0n) is 12.7. The van der Waals surface area contributed by atoms with E-state index in [9.17, 15) is 4.79 Å². The number of hydrogen-bond donors (Lipinski definition) is 0. The van der Waals surface area contributed by atoms with Gasteiger partial charge in [0.1, 0.15) is 0 Å². The molecule has 22 heavy (non-hydrogen) atoms. The maximum atomic E-state index is 12.8. The molecular formula is C18H19N3O. The topological polar surface area (TPSA) is 36.4 Å². The number of anilines is 2. The number of urea groups is 1. The van der Waals surface area contributed by atoms with Gasteiger partial charge < -0.3 is 0 Å². The number of nitrogens with zero attached hydrogens (tertiary/aromatic N) is 3. The second-order valence-corrected chi connectivity index (χ2v) is 6.13. The normalized spacial score (nSPS) is 18.1. The van der Waals surface area contributed by atoms with E-state index in [0.717, 1.165) is 24.5 Å². The van der Waals surface area contributed by atoms with E-state index in [0.29, 0.717) is 5.92 Å². The van der Waals surface area contributed by atoms with Crippen molar-refractivity contribution in [3.63, 3.8) is 0 Å². The molecule has 1 saturated heterocycles. The maximum Gasteiger partial charge on any atom is 0.329 e. The van der Waals surface area contributed by atoms with Gasteiger partial charge >= 0.3 is 6.03 Å². The predicted octanol–water partition coefficient (Wildman–Crippen LogP) is 3.71. The van der Waals surface area contributed by atoms with Crippen LogP contribution in [-0.2, 0) is 0 Å². The molecular weight excluding hydrogens is 274 g/mol. The Morgan fingerprint density at radius 3 is 2.73 bits per heavy atom. The lowest BCUT2D eigenvalue weighted by atomic mass is 10.1. The number of amides is 2. The minimum absolute atomic E-state index is 0.0560. The molecule has 1 aliphatic carbocycles. The van der Waals surface area contributed by atoms with E-state index in [4.69, 9.17) is 0 Å². The first-order valence-corrected chi connectivity index (χ1v) is 7.83. The number of benzene rings is 1. The Labute approximate surface area is 130 Å². The lowest BCUT2D eigenvalue weighted by molar-refractivity contribution is 0.256. The van der Waals surface area contributed by atoms with Crippen molar-refractivity contribution in [1.82, 2.24) is 4.98 Å². The molecule has 2 fully saturated rings. The van der Waals surface area contributed by atoms with Crippen molar-refractivity contribution >= 4 is 17.4 Å². The summed E-state index contributed by atoms with van der Waals surface area (Å²) in [5, 5.41) is 0. The Balaban J connectivity index is 1.64. The SMILES string of the molecule is Cc1cccc(N2CCN(c3cnccc3C3CC3)C2=O)c1. The third-order valence-electron chi connectivity index (χ3n) is 4.46. The molecule has 2 aliphatic rings. The lowest BCUT2D eigenvalue weighted by Crippen LogP contribution is -2.32. The highest BCUT2D eigenvalue weighted by Gasteiger charge is 2.35. The van der Waals surface area contributed by atoms with Crippen molar-refractivity contribution in [3.8, 4) is 0 Å². The van der Waals surface area contributed by atoms with Crippen molar-refractivity contribution in [2.45, 2.75) is 25.7 Å². The summed E-state index contributed by atoms with van der Waals surface area (Å²) in [6.45, 7) is 3.49. The van der Waals surface area contributed by atoms with Gasteiger partial charge in [-0.15, -0.1) is 0 Å². The first kappa shape index (κ1) is 13.3. The summed E-state index contributed by atoms with van der Waals surface area (Å²) >= 11 is 0. The van der Waals surface area contributed by atoms with Gasteiger partial charge in [0.2, 0.25) is 0 Å². The highest BCUT2D eigenvalue weighted by Crippen LogP contribution is 2.44. The number of aromatic nitrogens is 1. The summed E-state index contributed by atoms with van der Waals surface area (Å²) in [6, 6.07) is 10.2. The fraction of sp³-hybridized carbons (Fsp3) is 0.333. The molecule has 1 saturated carbocycles. The van der Waals surface area contributed by atoms with Gasteiger partial charge in [0.25, 0.3) is 0 Å². The molecule has 0 bridgehead atoms. The Kier molecular flexibility index (Phi) is 3.10. The van der Waals surface area contributed by atoms with E-state index in [1.165, 1.54) is 24.0 Å². The molecule has 2 aromatic rings. The predicted molar refractivity (Wildman–Crippen MR) is 87.5 cm³/mol. The Hall–Kier alpha value is -2.36. The number of hydrogen-bond acceptors (Lipinski definition) is 2. The summed E-state index contributed by atoms with van der Waals surface area (Å²) in [4.78, 5) is 20.8. The van der Waals surface area contributed by atoms with Crippen LogP contribution in [0, 0.1) is 6.92 Å². The van der Waals surface area contributed by atoms with Crippen LogP contribution in [-0.4, -0.2) is 24.1 Å². The average Bonchev–Trinajstić information content (AvgIpc) is 3.30. The Bertz CT molecular complexity index is 724. The number of aryl methyl sites for hydroxylation is 1. The fourth-order valence-corrected chi connectivity index (χ4v) is 3.16. The van der Waals surface area contributed by atoms with Gasteiger partial charge in [-0.05, 0) is 55.0 Å². The van der Waals surface area contributed by atoms with Crippen molar-refractivity contribution in [2.75, 3.05) is 22.9 Å². The summed E-state index contributed by atoms with van der Waals surface area (Å²) in [7, 11) is 0. The molecule has 1 aromatic heterocycles. The van der Waals surface area contributed by atoms with E-state index in [1.807, 2.05) is 47.3 Å². The highest BCUT2D eigenvalue weighted by molar-refractivity contribution is 6.06. The van der Waals surface area contributed by atoms with Gasteiger partial charge in [-0.25, -0.2) is 4.79 Å². The fourth-order valence-electron chi connectivity index (χ4n) is 3.16. The minimum Gasteiger partial charge on any atom is -0.292 e. The monoisotopic (exact) mass is 293 g/mol. The van der Waals surface area contributed by atoms with Crippen LogP contribution in [0.1, 0.15) is 29.9 Å². The van der Waals surface area contributed by atoms with Crippen LogP contribution in [0.5, 0.6) is 0 Å². The Morgan fingerprint density at radius 2 is 1.95 bits per heavy atom. The number of carbonyl (C=O) groups is 1. The molecule has 0 atom stereocenters. The molecule has 1 aliphatic heterocycles. The zero-order chi connectivity index (χ0) is 15.1. The van der Waals surface area contributed by atoms with Gasteiger partial charge in [0, 0.05) is 25.0 Å².